The van der Waals surface area contributed by atoms with Crippen molar-refractivity contribution >= 4 is 297 Å². The minimum atomic E-state index is -0.452. The molecule has 5 aliphatic carbocycles. The van der Waals surface area contributed by atoms with Crippen LogP contribution in [0.3, 0.4) is 0 Å². The highest BCUT2D eigenvalue weighted by molar-refractivity contribution is 6.82. The Kier molecular flexibility index (Phi) is 2.28. The SMILES string of the molecule is O=C(C1C23c4c5c6c7c8c9c(c%10c%11c2c2c4c4c%12c5c5c6c6c8c8c%13c9c9c%10c%10c%11c%11c2c2c4c4c%12c%12c5c5c6c8c6c8c%13c9c9c%10c%10c%11c2c2c4c4c%12c5c6c5c8c9c%10c2c45)C713)N1CCc2ccccc2C1. The largest absolute Gasteiger partial charge is 0.338 e. The monoisotopic (exact) mass is 893 g/mol. The molecular weight excluding hydrogens is 883 g/mol. The van der Waals surface area contributed by atoms with E-state index in [9.17, 15) is 0 Å². The summed E-state index contributed by atoms with van der Waals surface area (Å²) in [5.41, 5.74) is 8.36. The summed E-state index contributed by atoms with van der Waals surface area (Å²) in [6.45, 7) is 1.52. The van der Waals surface area contributed by atoms with Gasteiger partial charge < -0.3 is 4.90 Å². The van der Waals surface area contributed by atoms with Gasteiger partial charge in [0.15, 0.2) is 0 Å². The van der Waals surface area contributed by atoms with Crippen LogP contribution in [0.15, 0.2) is 24.3 Å². The molecule has 29 aromatic carbocycles. The summed E-state index contributed by atoms with van der Waals surface area (Å²) in [7, 11) is 0. The van der Waals surface area contributed by atoms with Crippen molar-refractivity contribution in [3.8, 4) is 0 Å². The van der Waals surface area contributed by atoms with Gasteiger partial charge in [0.25, 0.3) is 0 Å². The minimum absolute atomic E-state index is 0.182. The van der Waals surface area contributed by atoms with Crippen LogP contribution in [0.4, 0.5) is 0 Å². The van der Waals surface area contributed by atoms with Crippen LogP contribution in [-0.4, -0.2) is 17.4 Å². The van der Waals surface area contributed by atoms with Crippen LogP contribution in [0.5, 0.6) is 0 Å². The quantitative estimate of drug-likeness (QED) is 0.150. The molecule has 1 saturated carbocycles. The van der Waals surface area contributed by atoms with Crippen LogP contribution < -0.4 is 0 Å². The zero-order chi connectivity index (χ0) is 43.3. The first-order valence-corrected chi connectivity index (χ1v) is 27.5. The van der Waals surface area contributed by atoms with Gasteiger partial charge in [-0.3, -0.25) is 4.79 Å². The Hall–Kier alpha value is -8.85. The number of nitrogens with zero attached hydrogens (tertiary/aromatic N) is 1. The number of rotatable bonds is 1. The topological polar surface area (TPSA) is 20.3 Å². The summed E-state index contributed by atoms with van der Waals surface area (Å²) in [6.07, 6.45) is 0.936. The fourth-order valence-corrected chi connectivity index (χ4v) is 26.7. The maximum absolute atomic E-state index is 17.2. The van der Waals surface area contributed by atoms with Gasteiger partial charge >= 0.3 is 0 Å². The maximum Gasteiger partial charge on any atom is 0.228 e. The Morgan fingerprint density at radius 1 is 0.288 bits per heavy atom. The number of benzene rings is 19. The molecule has 0 saturated heterocycles. The van der Waals surface area contributed by atoms with E-state index in [1.165, 1.54) is 11.1 Å². The van der Waals surface area contributed by atoms with Crippen LogP contribution in [0.25, 0.3) is 291 Å². The normalized spacial score (nSPS) is 23.7. The molecule has 306 valence electrons. The molecule has 0 bridgehead atoms. The molecule has 0 aromatic heterocycles. The molecule has 2 nitrogen and oxygen atoms in total. The van der Waals surface area contributed by atoms with Crippen LogP contribution in [0.1, 0.15) is 33.4 Å². The predicted octanol–water partition coefficient (Wildman–Crippen LogP) is 17.5. The second-order valence-electron chi connectivity index (χ2n) is 27.1. The first kappa shape index (κ1) is 27.1. The summed E-state index contributed by atoms with van der Waals surface area (Å²) in [5, 5.41) is 87.3. The van der Waals surface area contributed by atoms with Crippen molar-refractivity contribution in [3.05, 3.63) is 57.6 Å². The summed E-state index contributed by atoms with van der Waals surface area (Å²) >= 11 is 0. The second kappa shape index (κ2) is 6.15. The fraction of sp³-hybridized carbons (Fsp3) is 0.0845. The average Bonchev–Trinajstić information content (AvgIpc) is 3.47. The van der Waals surface area contributed by atoms with Crippen molar-refractivity contribution in [2.45, 2.75) is 23.8 Å². The third-order valence-corrected chi connectivity index (χ3v) is 26.9. The van der Waals surface area contributed by atoms with Gasteiger partial charge in [-0.15, -0.1) is 0 Å². The molecule has 2 spiro atoms. The maximum atomic E-state index is 17.2. The zero-order valence-electron chi connectivity index (χ0n) is 37.4. The van der Waals surface area contributed by atoms with Gasteiger partial charge in [0.05, 0.1) is 16.7 Å². The minimum Gasteiger partial charge on any atom is -0.338 e. The third kappa shape index (κ3) is 1.46. The number of hydrogen-bond acceptors (Lipinski definition) is 1. The van der Waals surface area contributed by atoms with Gasteiger partial charge in [0, 0.05) is 13.1 Å². The molecular formula is C71H11NO. The van der Waals surface area contributed by atoms with Gasteiger partial charge in [0.1, 0.15) is 0 Å². The van der Waals surface area contributed by atoms with Crippen molar-refractivity contribution < 1.29 is 4.79 Å². The summed E-state index contributed by atoms with van der Waals surface area (Å²) in [5.74, 6) is 0.253. The molecule has 1 amide bonds. The predicted molar refractivity (Wildman–Crippen MR) is 303 cm³/mol. The van der Waals surface area contributed by atoms with Crippen LogP contribution in [0.2, 0.25) is 0 Å². The van der Waals surface area contributed by atoms with Crippen molar-refractivity contribution in [3.63, 3.8) is 0 Å². The molecule has 0 radical (unpaired) electrons. The smallest absolute Gasteiger partial charge is 0.228 e. The molecule has 35 rings (SSSR count). The highest BCUT2D eigenvalue weighted by Crippen LogP contribution is 2.92. The molecule has 0 unspecified atom stereocenters. The van der Waals surface area contributed by atoms with E-state index in [1.807, 2.05) is 0 Å². The molecule has 73 heavy (non-hydrogen) atoms. The lowest BCUT2D eigenvalue weighted by atomic mass is 9.68. The number of carbonyl (C=O) groups excluding carboxylic acids is 1. The molecule has 1 heterocycles. The number of carbonyl (C=O) groups is 1. The number of amides is 1. The molecule has 0 N–H and O–H groups in total. The number of fused-ring (bicyclic) bond motifs is 1. The van der Waals surface area contributed by atoms with Crippen molar-refractivity contribution in [2.24, 2.45) is 5.92 Å². The van der Waals surface area contributed by atoms with Crippen LogP contribution in [-0.2, 0) is 28.6 Å². The van der Waals surface area contributed by atoms with E-state index in [4.69, 9.17) is 0 Å². The van der Waals surface area contributed by atoms with Crippen LogP contribution >= 0.6 is 0 Å². The van der Waals surface area contributed by atoms with Crippen molar-refractivity contribution in [2.75, 3.05) is 6.54 Å². The lowest BCUT2D eigenvalue weighted by Gasteiger charge is -2.32. The molecule has 6 aliphatic rings. The lowest BCUT2D eigenvalue weighted by Crippen LogP contribution is -2.38. The summed E-state index contributed by atoms with van der Waals surface area (Å²) in [6, 6.07) is 9.04. The molecule has 1 fully saturated rings. The lowest BCUT2D eigenvalue weighted by molar-refractivity contribution is -0.134. The zero-order valence-corrected chi connectivity index (χ0v) is 37.4. The first-order chi connectivity index (χ1) is 36.3. The Morgan fingerprint density at radius 2 is 0.479 bits per heavy atom. The molecule has 1 aliphatic heterocycles. The van der Waals surface area contributed by atoms with E-state index < -0.39 is 10.8 Å². The fourth-order valence-electron chi connectivity index (χ4n) is 26.7. The first-order valence-electron chi connectivity index (χ1n) is 27.5. The Bertz CT molecular complexity index is 7020. The van der Waals surface area contributed by atoms with E-state index in [1.54, 1.807) is 313 Å². The Balaban J connectivity index is 1.06. The Labute approximate surface area is 398 Å². The van der Waals surface area contributed by atoms with E-state index in [0.29, 0.717) is 5.91 Å². The standard InChI is InChI=1S/C71H11NO/c73-69(72-6-5-8-3-1-2-4-9(8)7-72)68-70-64-56-48-38-28-20-12-10-11-14-18-16(12)24-32-26(18)36-30-22(14)23-15(11)19-17-13(10)21(20)29-35-25(17)33-27(19)37-31(23)41-40(30)50-44(36)54-46(32)52(42(48)34(24)28)60(64)62(54)66-58(50)59-51(41)45(37)55-47(33)53-43(35)49(39(29)38)57(56)65(70)61(53)63(55)67(59)71(66,68)70/h1-4,68H,5-7H2. The van der Waals surface area contributed by atoms with E-state index in [0.717, 1.165) is 19.5 Å². The van der Waals surface area contributed by atoms with Crippen molar-refractivity contribution in [1.29, 1.82) is 0 Å². The number of hydrogen-bond donors (Lipinski definition) is 0. The van der Waals surface area contributed by atoms with Gasteiger partial charge in [-0.1, -0.05) is 24.3 Å². The van der Waals surface area contributed by atoms with Crippen molar-refractivity contribution in [1.82, 2.24) is 4.90 Å². The average molecular weight is 894 g/mol. The highest BCUT2D eigenvalue weighted by Gasteiger charge is 2.89. The van der Waals surface area contributed by atoms with Gasteiger partial charge in [-0.25, -0.2) is 0 Å². The van der Waals surface area contributed by atoms with Gasteiger partial charge in [-0.2, -0.15) is 0 Å². The van der Waals surface area contributed by atoms with Crippen LogP contribution in [0, 0.1) is 5.92 Å². The summed E-state index contributed by atoms with van der Waals surface area (Å²) < 4.78 is 0. The van der Waals surface area contributed by atoms with E-state index in [-0.39, 0.29) is 5.92 Å². The molecule has 2 heteroatoms. The van der Waals surface area contributed by atoms with Gasteiger partial charge in [-0.05, 0) is 331 Å². The van der Waals surface area contributed by atoms with E-state index >= 15 is 4.79 Å². The molecule has 29 aromatic rings. The molecule has 0 atom stereocenters. The Morgan fingerprint density at radius 3 is 0.699 bits per heavy atom. The van der Waals surface area contributed by atoms with Gasteiger partial charge in [0.2, 0.25) is 5.91 Å². The van der Waals surface area contributed by atoms with E-state index in [2.05, 4.69) is 29.2 Å². The highest BCUT2D eigenvalue weighted by atomic mass is 16.2. The summed E-state index contributed by atoms with van der Waals surface area (Å²) in [4.78, 5) is 19.6. The third-order valence-electron chi connectivity index (χ3n) is 26.9. The second-order valence-corrected chi connectivity index (χ2v) is 27.1.